The van der Waals surface area contributed by atoms with E-state index in [0.29, 0.717) is 17.8 Å². The van der Waals surface area contributed by atoms with Gasteiger partial charge in [0.25, 0.3) is 5.91 Å². The van der Waals surface area contributed by atoms with Crippen LogP contribution in [-0.4, -0.2) is 23.7 Å². The van der Waals surface area contributed by atoms with Crippen LogP contribution in [0.1, 0.15) is 23.0 Å². The molecule has 0 spiro atoms. The Morgan fingerprint density at radius 1 is 1.30 bits per heavy atom. The van der Waals surface area contributed by atoms with E-state index in [9.17, 15) is 9.18 Å². The molecule has 1 unspecified atom stereocenters. The maximum Gasteiger partial charge on any atom is 0.261 e. The SMILES string of the molecule is CC(O)CCNC(=O)c1ccc(-c2ccc(F)cc2)s1. The first-order chi connectivity index (χ1) is 9.56. The molecule has 1 aromatic heterocycles. The van der Waals surface area contributed by atoms with Crippen molar-refractivity contribution in [3.05, 3.63) is 47.1 Å². The third-order valence-electron chi connectivity index (χ3n) is 2.81. The smallest absolute Gasteiger partial charge is 0.261 e. The highest BCUT2D eigenvalue weighted by Crippen LogP contribution is 2.28. The zero-order chi connectivity index (χ0) is 14.5. The van der Waals surface area contributed by atoms with E-state index in [1.165, 1.54) is 23.5 Å². The predicted molar refractivity (Wildman–Crippen MR) is 78.3 cm³/mol. The molecular weight excluding hydrogens is 277 g/mol. The van der Waals surface area contributed by atoms with Crippen LogP contribution >= 0.6 is 11.3 Å². The molecule has 0 saturated heterocycles. The summed E-state index contributed by atoms with van der Waals surface area (Å²) in [4.78, 5) is 13.4. The lowest BCUT2D eigenvalue weighted by Crippen LogP contribution is -2.25. The summed E-state index contributed by atoms with van der Waals surface area (Å²) in [5.41, 5.74) is 0.888. The lowest BCUT2D eigenvalue weighted by molar-refractivity contribution is 0.0949. The highest BCUT2D eigenvalue weighted by molar-refractivity contribution is 7.17. The minimum Gasteiger partial charge on any atom is -0.393 e. The van der Waals surface area contributed by atoms with Crippen molar-refractivity contribution in [1.82, 2.24) is 5.32 Å². The Labute approximate surface area is 121 Å². The van der Waals surface area contributed by atoms with E-state index >= 15 is 0 Å². The summed E-state index contributed by atoms with van der Waals surface area (Å²) in [7, 11) is 0. The highest BCUT2D eigenvalue weighted by atomic mass is 32.1. The Kier molecular flexibility index (Phi) is 4.87. The highest BCUT2D eigenvalue weighted by Gasteiger charge is 2.10. The Balaban J connectivity index is 2.01. The first-order valence-electron chi connectivity index (χ1n) is 6.38. The van der Waals surface area contributed by atoms with Gasteiger partial charge in [0.2, 0.25) is 0 Å². The van der Waals surface area contributed by atoms with Gasteiger partial charge in [0, 0.05) is 11.4 Å². The minimum atomic E-state index is -0.423. The predicted octanol–water partition coefficient (Wildman–Crippen LogP) is 3.05. The maximum absolute atomic E-state index is 12.9. The van der Waals surface area contributed by atoms with E-state index in [1.54, 1.807) is 25.1 Å². The topological polar surface area (TPSA) is 49.3 Å². The van der Waals surface area contributed by atoms with Gasteiger partial charge < -0.3 is 10.4 Å². The van der Waals surface area contributed by atoms with Gasteiger partial charge in [-0.05, 0) is 43.2 Å². The number of hydrogen-bond donors (Lipinski definition) is 2. The molecule has 0 fully saturated rings. The number of carbonyl (C=O) groups excluding carboxylic acids is 1. The second-order valence-electron chi connectivity index (χ2n) is 4.56. The Morgan fingerprint density at radius 2 is 2.00 bits per heavy atom. The molecule has 0 saturated carbocycles. The van der Waals surface area contributed by atoms with Gasteiger partial charge in [-0.2, -0.15) is 0 Å². The molecule has 106 valence electrons. The molecular formula is C15H16FNO2S. The first kappa shape index (κ1) is 14.7. The molecule has 3 nitrogen and oxygen atoms in total. The summed E-state index contributed by atoms with van der Waals surface area (Å²) < 4.78 is 12.9. The van der Waals surface area contributed by atoms with Crippen molar-refractivity contribution in [2.24, 2.45) is 0 Å². The summed E-state index contributed by atoms with van der Waals surface area (Å²) in [5, 5.41) is 11.9. The van der Waals surface area contributed by atoms with E-state index in [1.807, 2.05) is 6.07 Å². The fraction of sp³-hybridized carbons (Fsp3) is 0.267. The summed E-state index contributed by atoms with van der Waals surface area (Å²) in [6.07, 6.45) is 0.107. The molecule has 0 radical (unpaired) electrons. The van der Waals surface area contributed by atoms with E-state index < -0.39 is 6.10 Å². The van der Waals surface area contributed by atoms with Crippen LogP contribution in [0.4, 0.5) is 4.39 Å². The second kappa shape index (κ2) is 6.63. The summed E-state index contributed by atoms with van der Waals surface area (Å²) in [6, 6.07) is 9.78. The van der Waals surface area contributed by atoms with Gasteiger partial charge in [-0.1, -0.05) is 12.1 Å². The third kappa shape index (κ3) is 3.88. The summed E-state index contributed by atoms with van der Waals surface area (Å²) in [5.74, 6) is -0.426. The van der Waals surface area contributed by atoms with Crippen LogP contribution in [0.5, 0.6) is 0 Å². The van der Waals surface area contributed by atoms with E-state index in [-0.39, 0.29) is 11.7 Å². The van der Waals surface area contributed by atoms with Gasteiger partial charge in [-0.15, -0.1) is 11.3 Å². The molecule has 2 N–H and O–H groups in total. The largest absolute Gasteiger partial charge is 0.393 e. The van der Waals surface area contributed by atoms with Crippen LogP contribution in [0, 0.1) is 5.82 Å². The number of halogens is 1. The molecule has 0 bridgehead atoms. The number of amides is 1. The molecule has 0 aliphatic heterocycles. The first-order valence-corrected chi connectivity index (χ1v) is 7.20. The van der Waals surface area contributed by atoms with Crippen LogP contribution < -0.4 is 5.32 Å². The zero-order valence-electron chi connectivity index (χ0n) is 11.1. The number of benzene rings is 1. The van der Waals surface area contributed by atoms with Crippen molar-refractivity contribution < 1.29 is 14.3 Å². The summed E-state index contributed by atoms with van der Waals surface area (Å²) in [6.45, 7) is 2.13. The number of rotatable bonds is 5. The molecule has 1 aromatic carbocycles. The molecule has 1 amide bonds. The number of aliphatic hydroxyl groups is 1. The molecule has 2 aromatic rings. The van der Waals surface area contributed by atoms with E-state index in [4.69, 9.17) is 5.11 Å². The lowest BCUT2D eigenvalue weighted by Gasteiger charge is -2.05. The van der Waals surface area contributed by atoms with Gasteiger partial charge in [0.15, 0.2) is 0 Å². The van der Waals surface area contributed by atoms with Gasteiger partial charge in [-0.25, -0.2) is 4.39 Å². The van der Waals surface area contributed by atoms with Crippen molar-refractivity contribution in [2.75, 3.05) is 6.54 Å². The monoisotopic (exact) mass is 293 g/mol. The van der Waals surface area contributed by atoms with E-state index in [2.05, 4.69) is 5.32 Å². The normalized spacial score (nSPS) is 12.2. The number of thiophene rings is 1. The van der Waals surface area contributed by atoms with Gasteiger partial charge >= 0.3 is 0 Å². The second-order valence-corrected chi connectivity index (χ2v) is 5.65. The third-order valence-corrected chi connectivity index (χ3v) is 3.94. The van der Waals surface area contributed by atoms with Crippen LogP contribution in [0.15, 0.2) is 36.4 Å². The Bertz CT molecular complexity index is 578. The molecule has 20 heavy (non-hydrogen) atoms. The molecule has 2 rings (SSSR count). The molecule has 0 aliphatic carbocycles. The van der Waals surface area contributed by atoms with Crippen LogP contribution in [0.2, 0.25) is 0 Å². The molecule has 1 atom stereocenters. The van der Waals surface area contributed by atoms with Crippen molar-refractivity contribution in [3.63, 3.8) is 0 Å². The quantitative estimate of drug-likeness (QED) is 0.890. The fourth-order valence-corrected chi connectivity index (χ4v) is 2.64. The fourth-order valence-electron chi connectivity index (χ4n) is 1.71. The van der Waals surface area contributed by atoms with Crippen LogP contribution in [0.25, 0.3) is 10.4 Å². The van der Waals surface area contributed by atoms with Crippen molar-refractivity contribution in [1.29, 1.82) is 0 Å². The number of aliphatic hydroxyl groups excluding tert-OH is 1. The van der Waals surface area contributed by atoms with Gasteiger partial charge in [-0.3, -0.25) is 4.79 Å². The molecule has 5 heteroatoms. The van der Waals surface area contributed by atoms with Crippen molar-refractivity contribution in [3.8, 4) is 10.4 Å². The van der Waals surface area contributed by atoms with Gasteiger partial charge in [0.1, 0.15) is 5.82 Å². The standard InChI is InChI=1S/C15H16FNO2S/c1-10(18)8-9-17-15(19)14-7-6-13(20-14)11-2-4-12(16)5-3-11/h2-7,10,18H,8-9H2,1H3,(H,17,19). The minimum absolute atomic E-state index is 0.149. The number of hydrogen-bond acceptors (Lipinski definition) is 3. The zero-order valence-corrected chi connectivity index (χ0v) is 11.9. The molecule has 1 heterocycles. The Hall–Kier alpha value is -1.72. The average molecular weight is 293 g/mol. The van der Waals surface area contributed by atoms with Gasteiger partial charge in [0.05, 0.1) is 11.0 Å². The maximum atomic E-state index is 12.9. The Morgan fingerprint density at radius 3 is 2.65 bits per heavy atom. The molecule has 0 aliphatic rings. The van der Waals surface area contributed by atoms with Crippen LogP contribution in [-0.2, 0) is 0 Å². The number of carbonyl (C=O) groups is 1. The van der Waals surface area contributed by atoms with Crippen LogP contribution in [0.3, 0.4) is 0 Å². The van der Waals surface area contributed by atoms with Crippen molar-refractivity contribution >= 4 is 17.2 Å². The van der Waals surface area contributed by atoms with E-state index in [0.717, 1.165) is 10.4 Å². The summed E-state index contributed by atoms with van der Waals surface area (Å²) >= 11 is 1.36. The average Bonchev–Trinajstić information content (AvgIpc) is 2.88. The van der Waals surface area contributed by atoms with Crippen molar-refractivity contribution in [2.45, 2.75) is 19.4 Å². The number of nitrogens with one attached hydrogen (secondary N) is 1. The lowest BCUT2D eigenvalue weighted by atomic mass is 10.2.